The maximum absolute atomic E-state index is 12.4. The molecular formula is C20H18ClNO5. The van der Waals surface area contributed by atoms with Crippen molar-refractivity contribution >= 4 is 23.6 Å². The number of nitrogens with zero attached hydrogens (tertiary/aromatic N) is 1. The van der Waals surface area contributed by atoms with E-state index < -0.39 is 0 Å². The molecule has 0 bridgehead atoms. The average molecular weight is 388 g/mol. The third-order valence-electron chi connectivity index (χ3n) is 4.27. The van der Waals surface area contributed by atoms with Gasteiger partial charge in [0.15, 0.2) is 23.0 Å². The normalized spacial score (nSPS) is 14.4. The van der Waals surface area contributed by atoms with Crippen LogP contribution in [0.5, 0.6) is 23.0 Å². The van der Waals surface area contributed by atoms with Gasteiger partial charge in [-0.25, -0.2) is 0 Å². The lowest BCUT2D eigenvalue weighted by Gasteiger charge is -2.20. The molecule has 2 aromatic carbocycles. The summed E-state index contributed by atoms with van der Waals surface area (Å²) in [5, 5.41) is 0.460. The standard InChI is InChI=1S/C20H18ClNO5/c1-22(11-14-2-4-16-17(10-14)25-7-6-24-16)19(23)5-3-13-8-15(21)20-18(9-13)26-12-27-20/h2-5,8-10H,6-7,11-12H2,1H3. The molecule has 0 saturated heterocycles. The minimum Gasteiger partial charge on any atom is -0.486 e. The van der Waals surface area contributed by atoms with Crippen molar-refractivity contribution in [3.63, 3.8) is 0 Å². The number of halogens is 1. The van der Waals surface area contributed by atoms with Crippen LogP contribution in [0.2, 0.25) is 5.02 Å². The highest BCUT2D eigenvalue weighted by Gasteiger charge is 2.18. The van der Waals surface area contributed by atoms with Gasteiger partial charge in [-0.1, -0.05) is 17.7 Å². The molecule has 1 amide bonds. The van der Waals surface area contributed by atoms with Gasteiger partial charge < -0.3 is 23.8 Å². The van der Waals surface area contributed by atoms with Crippen LogP contribution in [0.3, 0.4) is 0 Å². The highest BCUT2D eigenvalue weighted by atomic mass is 35.5. The zero-order valence-electron chi connectivity index (χ0n) is 14.7. The predicted octanol–water partition coefficient (Wildman–Crippen LogP) is 3.51. The van der Waals surface area contributed by atoms with E-state index in [9.17, 15) is 4.79 Å². The van der Waals surface area contributed by atoms with Crippen LogP contribution in [0.1, 0.15) is 11.1 Å². The first-order valence-electron chi connectivity index (χ1n) is 8.51. The quantitative estimate of drug-likeness (QED) is 0.751. The number of hydrogen-bond donors (Lipinski definition) is 0. The molecule has 140 valence electrons. The molecule has 6 nitrogen and oxygen atoms in total. The van der Waals surface area contributed by atoms with Crippen molar-refractivity contribution in [1.82, 2.24) is 4.90 Å². The molecule has 0 unspecified atom stereocenters. The zero-order valence-corrected chi connectivity index (χ0v) is 15.5. The van der Waals surface area contributed by atoms with Gasteiger partial charge in [0.25, 0.3) is 0 Å². The molecule has 0 aliphatic carbocycles. The van der Waals surface area contributed by atoms with Gasteiger partial charge in [-0.2, -0.15) is 0 Å². The van der Waals surface area contributed by atoms with E-state index in [1.54, 1.807) is 30.2 Å². The van der Waals surface area contributed by atoms with Crippen LogP contribution in [0.4, 0.5) is 0 Å². The number of rotatable bonds is 4. The van der Waals surface area contributed by atoms with Gasteiger partial charge in [0.2, 0.25) is 12.7 Å². The van der Waals surface area contributed by atoms with Crippen molar-refractivity contribution in [2.75, 3.05) is 27.1 Å². The monoisotopic (exact) mass is 387 g/mol. The van der Waals surface area contributed by atoms with Crippen LogP contribution in [0, 0.1) is 0 Å². The SMILES string of the molecule is CN(Cc1ccc2c(c1)OCCO2)C(=O)C=Cc1cc(Cl)c2c(c1)OCO2. The highest BCUT2D eigenvalue weighted by Crippen LogP contribution is 2.40. The Kier molecular flexibility index (Phi) is 4.81. The molecule has 0 radical (unpaired) electrons. The molecule has 27 heavy (non-hydrogen) atoms. The summed E-state index contributed by atoms with van der Waals surface area (Å²) in [7, 11) is 1.75. The van der Waals surface area contributed by atoms with E-state index in [0.29, 0.717) is 42.0 Å². The third kappa shape index (κ3) is 3.80. The molecule has 2 aromatic rings. The van der Waals surface area contributed by atoms with Crippen LogP contribution in [-0.2, 0) is 11.3 Å². The number of carbonyl (C=O) groups excluding carboxylic acids is 1. The van der Waals surface area contributed by atoms with E-state index in [1.807, 2.05) is 18.2 Å². The van der Waals surface area contributed by atoms with Crippen molar-refractivity contribution in [2.45, 2.75) is 6.54 Å². The van der Waals surface area contributed by atoms with Crippen molar-refractivity contribution in [3.05, 3.63) is 52.6 Å². The predicted molar refractivity (Wildman–Crippen MR) is 101 cm³/mol. The van der Waals surface area contributed by atoms with Crippen molar-refractivity contribution in [1.29, 1.82) is 0 Å². The smallest absolute Gasteiger partial charge is 0.246 e. The summed E-state index contributed by atoms with van der Waals surface area (Å²) in [5.41, 5.74) is 1.74. The Labute approximate surface area is 161 Å². The van der Waals surface area contributed by atoms with E-state index >= 15 is 0 Å². The highest BCUT2D eigenvalue weighted by molar-refractivity contribution is 6.32. The minimum absolute atomic E-state index is 0.126. The lowest BCUT2D eigenvalue weighted by molar-refractivity contribution is -0.125. The number of hydrogen-bond acceptors (Lipinski definition) is 5. The lowest BCUT2D eigenvalue weighted by atomic mass is 10.1. The molecule has 4 rings (SSSR count). The number of ether oxygens (including phenoxy) is 4. The maximum Gasteiger partial charge on any atom is 0.246 e. The van der Waals surface area contributed by atoms with Gasteiger partial charge in [0, 0.05) is 19.7 Å². The van der Waals surface area contributed by atoms with E-state index in [-0.39, 0.29) is 12.7 Å². The van der Waals surface area contributed by atoms with Crippen molar-refractivity contribution in [3.8, 4) is 23.0 Å². The number of likely N-dealkylation sites (N-methyl/N-ethyl adjacent to an activating group) is 1. The van der Waals surface area contributed by atoms with Crippen LogP contribution in [0.15, 0.2) is 36.4 Å². The van der Waals surface area contributed by atoms with Gasteiger partial charge in [0.1, 0.15) is 13.2 Å². The van der Waals surface area contributed by atoms with Crippen molar-refractivity contribution < 1.29 is 23.7 Å². The van der Waals surface area contributed by atoms with E-state index in [2.05, 4.69) is 0 Å². The molecule has 0 fully saturated rings. The molecular weight excluding hydrogens is 370 g/mol. The largest absolute Gasteiger partial charge is 0.486 e. The van der Waals surface area contributed by atoms with E-state index in [0.717, 1.165) is 16.9 Å². The average Bonchev–Trinajstić information content (AvgIpc) is 3.15. The van der Waals surface area contributed by atoms with Gasteiger partial charge in [0.05, 0.1) is 5.02 Å². The minimum atomic E-state index is -0.126. The number of fused-ring (bicyclic) bond motifs is 2. The van der Waals surface area contributed by atoms with E-state index in [4.69, 9.17) is 30.5 Å². The molecule has 2 aliphatic heterocycles. The Morgan fingerprint density at radius 3 is 2.74 bits per heavy atom. The molecule has 0 atom stereocenters. The fraction of sp³-hybridized carbons (Fsp3) is 0.250. The second-order valence-corrected chi connectivity index (χ2v) is 6.65. The van der Waals surface area contributed by atoms with Crippen LogP contribution in [-0.4, -0.2) is 37.9 Å². The van der Waals surface area contributed by atoms with Crippen LogP contribution < -0.4 is 18.9 Å². The molecule has 2 heterocycles. The Bertz CT molecular complexity index is 911. The molecule has 0 N–H and O–H groups in total. The molecule has 2 aliphatic rings. The van der Waals surface area contributed by atoms with Gasteiger partial charge in [-0.15, -0.1) is 0 Å². The van der Waals surface area contributed by atoms with Gasteiger partial charge in [-0.05, 0) is 41.5 Å². The molecule has 0 spiro atoms. The molecule has 0 saturated carbocycles. The summed E-state index contributed by atoms with van der Waals surface area (Å²) < 4.78 is 21.7. The van der Waals surface area contributed by atoms with Crippen LogP contribution >= 0.6 is 11.6 Å². The summed E-state index contributed by atoms with van der Waals surface area (Å²) in [5.74, 6) is 2.44. The molecule has 0 aromatic heterocycles. The summed E-state index contributed by atoms with van der Waals surface area (Å²) >= 11 is 6.16. The maximum atomic E-state index is 12.4. The first-order chi connectivity index (χ1) is 13.1. The Hall–Kier alpha value is -2.86. The van der Waals surface area contributed by atoms with E-state index in [1.165, 1.54) is 6.08 Å². The first-order valence-corrected chi connectivity index (χ1v) is 8.89. The van der Waals surface area contributed by atoms with Crippen LogP contribution in [0.25, 0.3) is 6.08 Å². The topological polar surface area (TPSA) is 57.2 Å². The van der Waals surface area contributed by atoms with Gasteiger partial charge in [-0.3, -0.25) is 4.79 Å². The summed E-state index contributed by atoms with van der Waals surface area (Å²) in [6.45, 7) is 1.70. The second-order valence-electron chi connectivity index (χ2n) is 6.24. The Morgan fingerprint density at radius 1 is 1.07 bits per heavy atom. The zero-order chi connectivity index (χ0) is 18.8. The Morgan fingerprint density at radius 2 is 1.89 bits per heavy atom. The van der Waals surface area contributed by atoms with Gasteiger partial charge >= 0.3 is 0 Å². The fourth-order valence-corrected chi connectivity index (χ4v) is 3.19. The second kappa shape index (κ2) is 7.40. The summed E-state index contributed by atoms with van der Waals surface area (Å²) in [4.78, 5) is 14.0. The number of benzene rings is 2. The van der Waals surface area contributed by atoms with Crippen molar-refractivity contribution in [2.24, 2.45) is 0 Å². The summed E-state index contributed by atoms with van der Waals surface area (Å²) in [6, 6.07) is 9.23. The summed E-state index contributed by atoms with van der Waals surface area (Å²) in [6.07, 6.45) is 3.21. The first kappa shape index (κ1) is 17.5. The Balaban J connectivity index is 1.42. The number of amides is 1. The molecule has 7 heteroatoms. The number of carbonyl (C=O) groups is 1. The third-order valence-corrected chi connectivity index (χ3v) is 4.55. The fourth-order valence-electron chi connectivity index (χ4n) is 2.92. The lowest BCUT2D eigenvalue weighted by Crippen LogP contribution is -2.24.